The Morgan fingerprint density at radius 3 is 1.76 bits per heavy atom. The van der Waals surface area contributed by atoms with Gasteiger partial charge in [-0.1, -0.05) is 0 Å². The van der Waals surface area contributed by atoms with Gasteiger partial charge in [0.2, 0.25) is 0 Å². The zero-order chi connectivity index (χ0) is 13.5. The number of carboxylic acid groups (broad SMARTS) is 3. The molecular formula is C9H14O8. The van der Waals surface area contributed by atoms with Gasteiger partial charge in [0.1, 0.15) is 0 Å². The standard InChI is InChI=1S/C9H14O8/c10-2-1-3-17-9(8(15)16,4-6(11)12)5-7(13)14/h10H,1-5H2,(H,11,12)(H,13,14)(H,15,16). The lowest BCUT2D eigenvalue weighted by molar-refractivity contribution is -0.178. The van der Waals surface area contributed by atoms with Crippen molar-refractivity contribution in [1.29, 1.82) is 0 Å². The molecule has 0 aromatic heterocycles. The van der Waals surface area contributed by atoms with Crippen molar-refractivity contribution in [1.82, 2.24) is 0 Å². The largest absolute Gasteiger partial charge is 0.481 e. The van der Waals surface area contributed by atoms with Crippen molar-refractivity contribution in [2.45, 2.75) is 24.9 Å². The van der Waals surface area contributed by atoms with Gasteiger partial charge in [0.05, 0.1) is 19.4 Å². The molecule has 0 aromatic rings. The highest BCUT2D eigenvalue weighted by atomic mass is 16.5. The summed E-state index contributed by atoms with van der Waals surface area (Å²) in [5.74, 6) is -4.60. The average molecular weight is 250 g/mol. The molecule has 0 fully saturated rings. The number of rotatable bonds is 9. The molecule has 0 rings (SSSR count). The Morgan fingerprint density at radius 1 is 1.00 bits per heavy atom. The maximum atomic E-state index is 11.0. The molecule has 0 radical (unpaired) electrons. The molecule has 98 valence electrons. The molecule has 0 bridgehead atoms. The van der Waals surface area contributed by atoms with Crippen LogP contribution in [0, 0.1) is 0 Å². The minimum Gasteiger partial charge on any atom is -0.481 e. The van der Waals surface area contributed by atoms with E-state index in [9.17, 15) is 14.4 Å². The van der Waals surface area contributed by atoms with Crippen LogP contribution in [0.25, 0.3) is 0 Å². The van der Waals surface area contributed by atoms with Crippen LogP contribution < -0.4 is 0 Å². The third-order valence-electron chi connectivity index (χ3n) is 1.94. The highest BCUT2D eigenvalue weighted by molar-refractivity contribution is 5.88. The normalized spacial score (nSPS) is 11.1. The van der Waals surface area contributed by atoms with E-state index in [4.69, 9.17) is 25.2 Å². The summed E-state index contributed by atoms with van der Waals surface area (Å²) < 4.78 is 4.83. The molecule has 0 atom stereocenters. The SMILES string of the molecule is O=C(O)CC(CC(=O)O)(OCCCO)C(=O)O. The molecule has 17 heavy (non-hydrogen) atoms. The molecule has 8 nitrogen and oxygen atoms in total. The summed E-state index contributed by atoms with van der Waals surface area (Å²) in [6.07, 6.45) is -1.83. The number of aliphatic hydroxyl groups excluding tert-OH is 1. The van der Waals surface area contributed by atoms with Crippen molar-refractivity contribution in [3.8, 4) is 0 Å². The minimum atomic E-state index is -2.30. The summed E-state index contributed by atoms with van der Waals surface area (Å²) in [4.78, 5) is 32.1. The van der Waals surface area contributed by atoms with Gasteiger partial charge in [0.15, 0.2) is 5.60 Å². The molecule has 0 amide bonds. The fraction of sp³-hybridized carbons (Fsp3) is 0.667. The molecule has 0 saturated heterocycles. The van der Waals surface area contributed by atoms with Crippen LogP contribution in [0.4, 0.5) is 0 Å². The highest BCUT2D eigenvalue weighted by Crippen LogP contribution is 2.22. The van der Waals surface area contributed by atoms with Gasteiger partial charge in [-0.15, -0.1) is 0 Å². The van der Waals surface area contributed by atoms with Crippen LogP contribution in [-0.2, 0) is 19.1 Å². The molecule has 0 spiro atoms. The summed E-state index contributed by atoms with van der Waals surface area (Å²) in [6.45, 7) is -0.501. The molecular weight excluding hydrogens is 236 g/mol. The van der Waals surface area contributed by atoms with E-state index in [-0.39, 0.29) is 19.6 Å². The van der Waals surface area contributed by atoms with E-state index < -0.39 is 36.4 Å². The van der Waals surface area contributed by atoms with Crippen LogP contribution in [0.2, 0.25) is 0 Å². The van der Waals surface area contributed by atoms with Crippen LogP contribution in [-0.4, -0.2) is 57.1 Å². The Balaban J connectivity index is 4.88. The summed E-state index contributed by atoms with van der Waals surface area (Å²) in [7, 11) is 0. The van der Waals surface area contributed by atoms with E-state index in [1.807, 2.05) is 0 Å². The van der Waals surface area contributed by atoms with E-state index in [1.54, 1.807) is 0 Å². The molecule has 0 aliphatic heterocycles. The fourth-order valence-corrected chi connectivity index (χ4v) is 1.20. The number of ether oxygens (including phenoxy) is 1. The van der Waals surface area contributed by atoms with Crippen LogP contribution >= 0.6 is 0 Å². The lowest BCUT2D eigenvalue weighted by Gasteiger charge is -2.26. The van der Waals surface area contributed by atoms with E-state index in [2.05, 4.69) is 0 Å². The van der Waals surface area contributed by atoms with Gasteiger partial charge >= 0.3 is 17.9 Å². The van der Waals surface area contributed by atoms with Crippen LogP contribution in [0.3, 0.4) is 0 Å². The predicted octanol–water partition coefficient (Wildman–Crippen LogP) is -0.842. The summed E-state index contributed by atoms with van der Waals surface area (Å²) in [6, 6.07) is 0. The predicted molar refractivity (Wildman–Crippen MR) is 52.5 cm³/mol. The third-order valence-corrected chi connectivity index (χ3v) is 1.94. The molecule has 8 heteroatoms. The highest BCUT2D eigenvalue weighted by Gasteiger charge is 2.44. The number of aliphatic hydroxyl groups is 1. The van der Waals surface area contributed by atoms with Crippen LogP contribution in [0.1, 0.15) is 19.3 Å². The van der Waals surface area contributed by atoms with Crippen molar-refractivity contribution in [2.24, 2.45) is 0 Å². The third kappa shape index (κ3) is 5.27. The van der Waals surface area contributed by atoms with E-state index >= 15 is 0 Å². The summed E-state index contributed by atoms with van der Waals surface area (Å²) >= 11 is 0. The first-order valence-corrected chi connectivity index (χ1v) is 4.76. The van der Waals surface area contributed by atoms with E-state index in [0.717, 1.165) is 0 Å². The van der Waals surface area contributed by atoms with Crippen molar-refractivity contribution >= 4 is 17.9 Å². The number of carbonyl (C=O) groups is 3. The smallest absolute Gasteiger partial charge is 0.337 e. The second-order valence-electron chi connectivity index (χ2n) is 3.37. The quantitative estimate of drug-likeness (QED) is 0.388. The average Bonchev–Trinajstić information content (AvgIpc) is 2.15. The molecule has 0 saturated carbocycles. The summed E-state index contributed by atoms with van der Waals surface area (Å²) in [5, 5.41) is 34.6. The second-order valence-corrected chi connectivity index (χ2v) is 3.37. The molecule has 0 heterocycles. The van der Waals surface area contributed by atoms with Crippen LogP contribution in [0.15, 0.2) is 0 Å². The number of carboxylic acids is 3. The minimum absolute atomic E-state index is 0.0915. The Kier molecular flexibility index (Phi) is 6.15. The number of aliphatic carboxylic acids is 3. The van der Waals surface area contributed by atoms with E-state index in [1.165, 1.54) is 0 Å². The van der Waals surface area contributed by atoms with Gasteiger partial charge in [-0.05, 0) is 6.42 Å². The number of hydrogen-bond donors (Lipinski definition) is 4. The second kappa shape index (κ2) is 6.81. The lowest BCUT2D eigenvalue weighted by Crippen LogP contribution is -2.45. The van der Waals surface area contributed by atoms with Crippen LogP contribution in [0.5, 0.6) is 0 Å². The summed E-state index contributed by atoms with van der Waals surface area (Å²) in [5.41, 5.74) is -2.30. The molecule has 0 aliphatic rings. The number of hydrogen-bond acceptors (Lipinski definition) is 5. The van der Waals surface area contributed by atoms with Crippen molar-refractivity contribution < 1.29 is 39.5 Å². The van der Waals surface area contributed by atoms with Gasteiger partial charge in [-0.3, -0.25) is 9.59 Å². The Labute approximate surface area is 96.4 Å². The first-order chi connectivity index (χ1) is 7.84. The maximum absolute atomic E-state index is 11.0. The lowest BCUT2D eigenvalue weighted by atomic mass is 9.95. The van der Waals surface area contributed by atoms with Crippen molar-refractivity contribution in [2.75, 3.05) is 13.2 Å². The fourth-order valence-electron chi connectivity index (χ4n) is 1.20. The topological polar surface area (TPSA) is 141 Å². The molecule has 0 aliphatic carbocycles. The molecule has 4 N–H and O–H groups in total. The molecule has 0 unspecified atom stereocenters. The van der Waals surface area contributed by atoms with Gasteiger partial charge in [-0.25, -0.2) is 4.79 Å². The maximum Gasteiger partial charge on any atom is 0.337 e. The monoisotopic (exact) mass is 250 g/mol. The van der Waals surface area contributed by atoms with Gasteiger partial charge < -0.3 is 25.2 Å². The van der Waals surface area contributed by atoms with Crippen molar-refractivity contribution in [3.63, 3.8) is 0 Å². The van der Waals surface area contributed by atoms with Gasteiger partial charge in [0.25, 0.3) is 0 Å². The van der Waals surface area contributed by atoms with Gasteiger partial charge in [-0.2, -0.15) is 0 Å². The first kappa shape index (κ1) is 15.3. The zero-order valence-corrected chi connectivity index (χ0v) is 8.96. The Hall–Kier alpha value is -1.67. The zero-order valence-electron chi connectivity index (χ0n) is 8.96. The molecule has 0 aromatic carbocycles. The van der Waals surface area contributed by atoms with Gasteiger partial charge in [0, 0.05) is 6.61 Å². The Bertz CT molecular complexity index is 281. The van der Waals surface area contributed by atoms with Crippen molar-refractivity contribution in [3.05, 3.63) is 0 Å². The Morgan fingerprint density at radius 2 is 1.47 bits per heavy atom. The first-order valence-electron chi connectivity index (χ1n) is 4.76. The van der Waals surface area contributed by atoms with E-state index in [0.29, 0.717) is 0 Å².